The molecular formula is C14H23N3O. The van der Waals surface area contributed by atoms with Crippen LogP contribution in [0.15, 0.2) is 6.20 Å². The molecule has 1 atom stereocenters. The Labute approximate surface area is 109 Å². The third kappa shape index (κ3) is 3.50. The lowest BCUT2D eigenvalue weighted by molar-refractivity contribution is 0.177. The van der Waals surface area contributed by atoms with Gasteiger partial charge in [-0.05, 0) is 50.3 Å². The minimum absolute atomic E-state index is 0.509. The molecular weight excluding hydrogens is 226 g/mol. The fourth-order valence-corrected chi connectivity index (χ4v) is 2.48. The van der Waals surface area contributed by atoms with Gasteiger partial charge >= 0.3 is 0 Å². The molecule has 0 aromatic carbocycles. The Morgan fingerprint density at radius 3 is 3.17 bits per heavy atom. The molecule has 0 radical (unpaired) electrons. The fraction of sp³-hybridized carbons (Fsp3) is 0.714. The molecule has 0 saturated heterocycles. The summed E-state index contributed by atoms with van der Waals surface area (Å²) in [5.74, 6) is 1.54. The zero-order valence-corrected chi connectivity index (χ0v) is 11.4. The van der Waals surface area contributed by atoms with Crippen LogP contribution in [0.2, 0.25) is 0 Å². The molecule has 1 aliphatic rings. The van der Waals surface area contributed by atoms with Crippen molar-refractivity contribution < 1.29 is 4.74 Å². The van der Waals surface area contributed by atoms with Crippen LogP contribution in [-0.2, 0) is 24.2 Å². The summed E-state index contributed by atoms with van der Waals surface area (Å²) in [5.41, 5.74) is 2.55. The topological polar surface area (TPSA) is 47.0 Å². The van der Waals surface area contributed by atoms with Crippen LogP contribution < -0.4 is 5.32 Å². The highest BCUT2D eigenvalue weighted by atomic mass is 16.5. The predicted octanol–water partition coefficient (Wildman–Crippen LogP) is 1.73. The van der Waals surface area contributed by atoms with Crippen molar-refractivity contribution >= 4 is 0 Å². The van der Waals surface area contributed by atoms with E-state index < -0.39 is 0 Å². The molecule has 1 aliphatic carbocycles. The van der Waals surface area contributed by atoms with E-state index in [1.165, 1.54) is 24.1 Å². The van der Waals surface area contributed by atoms with Crippen LogP contribution in [0.25, 0.3) is 0 Å². The number of aromatic nitrogens is 2. The van der Waals surface area contributed by atoms with Gasteiger partial charge in [0, 0.05) is 19.0 Å². The van der Waals surface area contributed by atoms with Crippen molar-refractivity contribution in [2.75, 3.05) is 20.2 Å². The lowest BCUT2D eigenvalue weighted by Crippen LogP contribution is -2.28. The summed E-state index contributed by atoms with van der Waals surface area (Å²) in [6.45, 7) is 4.95. The van der Waals surface area contributed by atoms with Gasteiger partial charge in [0.15, 0.2) is 5.82 Å². The first-order valence-corrected chi connectivity index (χ1v) is 6.86. The van der Waals surface area contributed by atoms with Gasteiger partial charge in [-0.1, -0.05) is 6.92 Å². The van der Waals surface area contributed by atoms with Crippen LogP contribution in [0.4, 0.5) is 0 Å². The summed E-state index contributed by atoms with van der Waals surface area (Å²) < 4.78 is 5.07. The Morgan fingerprint density at radius 1 is 1.50 bits per heavy atom. The highest BCUT2D eigenvalue weighted by molar-refractivity contribution is 5.21. The lowest BCUT2D eigenvalue weighted by atomic mass is 9.87. The number of methoxy groups -OCH3 is 1. The maximum atomic E-state index is 5.07. The van der Waals surface area contributed by atoms with Crippen LogP contribution in [0.3, 0.4) is 0 Å². The van der Waals surface area contributed by atoms with E-state index in [9.17, 15) is 0 Å². The Kier molecular flexibility index (Phi) is 5.08. The van der Waals surface area contributed by atoms with E-state index in [1.54, 1.807) is 7.11 Å². The molecule has 100 valence electrons. The monoisotopic (exact) mass is 249 g/mol. The molecule has 1 unspecified atom stereocenters. The summed E-state index contributed by atoms with van der Waals surface area (Å²) in [6, 6.07) is 0. The van der Waals surface area contributed by atoms with Gasteiger partial charge in [0.05, 0.1) is 0 Å². The molecule has 0 amide bonds. The summed E-state index contributed by atoms with van der Waals surface area (Å²) >= 11 is 0. The third-order valence-electron chi connectivity index (χ3n) is 3.44. The van der Waals surface area contributed by atoms with E-state index in [0.29, 0.717) is 6.61 Å². The van der Waals surface area contributed by atoms with E-state index in [2.05, 4.69) is 22.2 Å². The zero-order chi connectivity index (χ0) is 12.8. The highest BCUT2D eigenvalue weighted by Gasteiger charge is 2.20. The summed E-state index contributed by atoms with van der Waals surface area (Å²) in [7, 11) is 1.68. The van der Waals surface area contributed by atoms with Crippen molar-refractivity contribution in [3.05, 3.63) is 23.3 Å². The van der Waals surface area contributed by atoms with Gasteiger partial charge in [-0.2, -0.15) is 0 Å². The van der Waals surface area contributed by atoms with Crippen molar-refractivity contribution in [3.63, 3.8) is 0 Å². The molecule has 1 aromatic rings. The average molecular weight is 249 g/mol. The van der Waals surface area contributed by atoms with Crippen LogP contribution >= 0.6 is 0 Å². The molecule has 18 heavy (non-hydrogen) atoms. The number of aryl methyl sites for hydroxylation is 1. The van der Waals surface area contributed by atoms with Crippen LogP contribution in [0.1, 0.15) is 36.8 Å². The van der Waals surface area contributed by atoms with Crippen molar-refractivity contribution in [2.45, 2.75) is 39.2 Å². The van der Waals surface area contributed by atoms with E-state index >= 15 is 0 Å². The molecule has 0 saturated carbocycles. The smallest absolute Gasteiger partial charge is 0.154 e. The standard InChI is InChI=1S/C14H23N3O/c1-3-6-15-8-11-4-5-13-12(7-11)9-16-14(17-13)10-18-2/h9,11,15H,3-8,10H2,1-2H3. The molecule has 0 bridgehead atoms. The third-order valence-corrected chi connectivity index (χ3v) is 3.44. The molecule has 0 spiro atoms. The Bertz CT molecular complexity index is 381. The second-order valence-electron chi connectivity index (χ2n) is 5.00. The number of nitrogens with zero attached hydrogens (tertiary/aromatic N) is 2. The van der Waals surface area contributed by atoms with Gasteiger partial charge in [-0.25, -0.2) is 9.97 Å². The van der Waals surface area contributed by atoms with Gasteiger partial charge < -0.3 is 10.1 Å². The Balaban J connectivity index is 1.93. The molecule has 0 fully saturated rings. The molecule has 2 rings (SSSR count). The SMILES string of the molecule is CCCNCC1CCc2nc(COC)ncc2C1. The van der Waals surface area contributed by atoms with Crippen molar-refractivity contribution in [1.29, 1.82) is 0 Å². The van der Waals surface area contributed by atoms with Crippen molar-refractivity contribution in [2.24, 2.45) is 5.92 Å². The summed E-state index contributed by atoms with van der Waals surface area (Å²) in [4.78, 5) is 8.93. The van der Waals surface area contributed by atoms with Crippen LogP contribution in [0.5, 0.6) is 0 Å². The van der Waals surface area contributed by atoms with Gasteiger partial charge in [0.1, 0.15) is 6.61 Å². The normalized spacial score (nSPS) is 18.7. The van der Waals surface area contributed by atoms with Crippen LogP contribution in [0, 0.1) is 5.92 Å². The summed E-state index contributed by atoms with van der Waals surface area (Å²) in [5, 5.41) is 3.51. The minimum atomic E-state index is 0.509. The first-order valence-electron chi connectivity index (χ1n) is 6.86. The number of ether oxygens (including phenoxy) is 1. The molecule has 0 aliphatic heterocycles. The second-order valence-corrected chi connectivity index (χ2v) is 5.00. The Morgan fingerprint density at radius 2 is 2.39 bits per heavy atom. The van der Waals surface area contributed by atoms with Crippen molar-refractivity contribution in [3.8, 4) is 0 Å². The fourth-order valence-electron chi connectivity index (χ4n) is 2.48. The lowest BCUT2D eigenvalue weighted by Gasteiger charge is -2.24. The largest absolute Gasteiger partial charge is 0.377 e. The second kappa shape index (κ2) is 6.81. The first-order chi connectivity index (χ1) is 8.83. The number of rotatable bonds is 6. The number of fused-ring (bicyclic) bond motifs is 1. The maximum Gasteiger partial charge on any atom is 0.154 e. The molecule has 1 heterocycles. The van der Waals surface area contributed by atoms with Gasteiger partial charge in [-0.3, -0.25) is 0 Å². The number of hydrogen-bond donors (Lipinski definition) is 1. The van der Waals surface area contributed by atoms with Gasteiger partial charge in [0.2, 0.25) is 0 Å². The molecule has 1 N–H and O–H groups in total. The molecule has 1 aromatic heterocycles. The van der Waals surface area contributed by atoms with E-state index in [1.807, 2.05) is 6.20 Å². The van der Waals surface area contributed by atoms with E-state index in [-0.39, 0.29) is 0 Å². The molecule has 4 nitrogen and oxygen atoms in total. The first kappa shape index (κ1) is 13.4. The Hall–Kier alpha value is -1.00. The van der Waals surface area contributed by atoms with Crippen molar-refractivity contribution in [1.82, 2.24) is 15.3 Å². The maximum absolute atomic E-state index is 5.07. The quantitative estimate of drug-likeness (QED) is 0.780. The van der Waals surface area contributed by atoms with Gasteiger partial charge in [0.25, 0.3) is 0 Å². The van der Waals surface area contributed by atoms with Gasteiger partial charge in [-0.15, -0.1) is 0 Å². The highest BCUT2D eigenvalue weighted by Crippen LogP contribution is 2.23. The summed E-state index contributed by atoms with van der Waals surface area (Å²) in [6.07, 6.45) is 6.61. The van der Waals surface area contributed by atoms with E-state index in [0.717, 1.165) is 37.7 Å². The number of nitrogens with one attached hydrogen (secondary N) is 1. The zero-order valence-electron chi connectivity index (χ0n) is 11.4. The average Bonchev–Trinajstić information content (AvgIpc) is 2.39. The van der Waals surface area contributed by atoms with E-state index in [4.69, 9.17) is 4.74 Å². The minimum Gasteiger partial charge on any atom is -0.377 e. The molecule has 4 heteroatoms. The number of hydrogen-bond acceptors (Lipinski definition) is 4. The predicted molar refractivity (Wildman–Crippen MR) is 71.4 cm³/mol. The van der Waals surface area contributed by atoms with Crippen LogP contribution in [-0.4, -0.2) is 30.2 Å².